The summed E-state index contributed by atoms with van der Waals surface area (Å²) in [5.74, 6) is -0.452. The molecule has 0 saturated heterocycles. The molecule has 4 nitrogen and oxygen atoms in total. The molecule has 0 aliphatic heterocycles. The summed E-state index contributed by atoms with van der Waals surface area (Å²) < 4.78 is 0. The number of likely N-dealkylation sites (N-methyl/N-ethyl adjacent to an activating group) is 1. The molecule has 3 N–H and O–H groups in total. The van der Waals surface area contributed by atoms with E-state index in [-0.39, 0.29) is 5.70 Å². The molecule has 0 bridgehead atoms. The van der Waals surface area contributed by atoms with Gasteiger partial charge >= 0.3 is 0 Å². The van der Waals surface area contributed by atoms with Crippen LogP contribution >= 0.6 is 11.6 Å². The lowest BCUT2D eigenvalue weighted by Gasteiger charge is -1.91. The highest BCUT2D eigenvalue weighted by Gasteiger charge is 2.01. The number of nitrogens with one attached hydrogen (secondary N) is 1. The van der Waals surface area contributed by atoms with Crippen molar-refractivity contribution in [2.45, 2.75) is 0 Å². The summed E-state index contributed by atoms with van der Waals surface area (Å²) in [6.07, 6.45) is 0.926. The first kappa shape index (κ1) is 8.97. The standard InChI is InChI=1S/C5H7ClN2O2/c1-8-4(9)2-3(7)5(6)10/h2H,7H2,1H3,(H,8,9)/b3-2-. The van der Waals surface area contributed by atoms with Gasteiger partial charge in [0, 0.05) is 13.1 Å². The topological polar surface area (TPSA) is 72.2 Å². The fourth-order valence-electron chi connectivity index (χ4n) is 0.270. The summed E-state index contributed by atoms with van der Waals surface area (Å²) in [6, 6.07) is 0. The number of rotatable bonds is 2. The lowest BCUT2D eigenvalue weighted by atomic mass is 10.4. The third-order valence-electron chi connectivity index (χ3n) is 0.760. The third kappa shape index (κ3) is 3.09. The highest BCUT2D eigenvalue weighted by atomic mass is 35.5. The molecule has 0 aromatic rings. The molecule has 10 heavy (non-hydrogen) atoms. The molecule has 0 spiro atoms. The number of carbonyl (C=O) groups is 2. The van der Waals surface area contributed by atoms with Crippen LogP contribution in [0.4, 0.5) is 0 Å². The highest BCUT2D eigenvalue weighted by Crippen LogP contribution is 1.90. The molecular weight excluding hydrogens is 156 g/mol. The van der Waals surface area contributed by atoms with Gasteiger partial charge in [-0.25, -0.2) is 0 Å². The van der Waals surface area contributed by atoms with Crippen molar-refractivity contribution in [1.29, 1.82) is 0 Å². The largest absolute Gasteiger partial charge is 0.395 e. The van der Waals surface area contributed by atoms with Crippen LogP contribution in [0.2, 0.25) is 0 Å². The van der Waals surface area contributed by atoms with Gasteiger partial charge in [-0.05, 0) is 11.6 Å². The van der Waals surface area contributed by atoms with E-state index in [1.54, 1.807) is 0 Å². The zero-order valence-corrected chi connectivity index (χ0v) is 6.11. The monoisotopic (exact) mass is 162 g/mol. The van der Waals surface area contributed by atoms with Gasteiger partial charge in [-0.15, -0.1) is 0 Å². The van der Waals surface area contributed by atoms with Gasteiger partial charge in [0.2, 0.25) is 5.91 Å². The van der Waals surface area contributed by atoms with Gasteiger partial charge in [0.05, 0.1) is 5.70 Å². The highest BCUT2D eigenvalue weighted by molar-refractivity contribution is 6.67. The maximum absolute atomic E-state index is 10.4. The van der Waals surface area contributed by atoms with Gasteiger partial charge < -0.3 is 11.1 Å². The van der Waals surface area contributed by atoms with Crippen LogP contribution in [0.1, 0.15) is 0 Å². The minimum absolute atomic E-state index is 0.263. The number of nitrogens with two attached hydrogens (primary N) is 1. The van der Waals surface area contributed by atoms with E-state index in [9.17, 15) is 9.59 Å². The molecule has 0 rings (SSSR count). The van der Waals surface area contributed by atoms with E-state index in [1.165, 1.54) is 7.05 Å². The summed E-state index contributed by atoms with van der Waals surface area (Å²) in [4.78, 5) is 20.6. The maximum atomic E-state index is 10.4. The molecule has 5 heteroatoms. The molecule has 0 radical (unpaired) electrons. The van der Waals surface area contributed by atoms with E-state index in [0.717, 1.165) is 6.08 Å². The van der Waals surface area contributed by atoms with E-state index in [4.69, 9.17) is 17.3 Å². The SMILES string of the molecule is CNC(=O)/C=C(\N)C(=O)Cl. The van der Waals surface area contributed by atoms with Crippen LogP contribution in [-0.4, -0.2) is 18.2 Å². The second-order valence-corrected chi connectivity index (χ2v) is 1.83. The van der Waals surface area contributed by atoms with Crippen LogP contribution in [0.3, 0.4) is 0 Å². The first-order valence-electron chi connectivity index (χ1n) is 2.46. The average molecular weight is 163 g/mol. The van der Waals surface area contributed by atoms with Crippen LogP contribution in [0, 0.1) is 0 Å². The maximum Gasteiger partial charge on any atom is 0.268 e. The number of hydrogen-bond donors (Lipinski definition) is 2. The van der Waals surface area contributed by atoms with E-state index in [2.05, 4.69) is 5.32 Å². The Bertz CT molecular complexity index is 188. The first-order chi connectivity index (χ1) is 4.57. The van der Waals surface area contributed by atoms with Gasteiger partial charge in [0.15, 0.2) is 0 Å². The molecular formula is C5H7ClN2O2. The van der Waals surface area contributed by atoms with E-state index in [1.807, 2.05) is 0 Å². The zero-order valence-electron chi connectivity index (χ0n) is 5.35. The molecule has 1 amide bonds. The molecule has 0 aromatic heterocycles. The Morgan fingerprint density at radius 1 is 1.60 bits per heavy atom. The smallest absolute Gasteiger partial charge is 0.268 e. The molecule has 0 aliphatic rings. The van der Waals surface area contributed by atoms with Crippen molar-refractivity contribution in [3.8, 4) is 0 Å². The van der Waals surface area contributed by atoms with Crippen molar-refractivity contribution in [3.63, 3.8) is 0 Å². The van der Waals surface area contributed by atoms with Crippen molar-refractivity contribution in [2.75, 3.05) is 7.05 Å². The Hall–Kier alpha value is -1.03. The lowest BCUT2D eigenvalue weighted by molar-refractivity contribution is -0.116. The van der Waals surface area contributed by atoms with Gasteiger partial charge in [-0.3, -0.25) is 9.59 Å². The summed E-state index contributed by atoms with van der Waals surface area (Å²) in [5, 5.41) is 1.41. The molecule has 0 aliphatic carbocycles. The van der Waals surface area contributed by atoms with E-state index < -0.39 is 11.1 Å². The Labute approximate surface area is 63.0 Å². The summed E-state index contributed by atoms with van der Waals surface area (Å²) in [5.41, 5.74) is 4.75. The number of allylic oxidation sites excluding steroid dienone is 1. The Kier molecular flexibility index (Phi) is 3.49. The van der Waals surface area contributed by atoms with Crippen molar-refractivity contribution in [1.82, 2.24) is 5.32 Å². The third-order valence-corrected chi connectivity index (χ3v) is 0.978. The number of hydrogen-bond acceptors (Lipinski definition) is 3. The zero-order chi connectivity index (χ0) is 8.15. The number of amides is 1. The van der Waals surface area contributed by atoms with Crippen molar-refractivity contribution < 1.29 is 9.59 Å². The number of halogens is 1. The predicted molar refractivity (Wildman–Crippen MR) is 37.2 cm³/mol. The van der Waals surface area contributed by atoms with Crippen LogP contribution in [-0.2, 0) is 9.59 Å². The summed E-state index contributed by atoms with van der Waals surface area (Å²) in [6.45, 7) is 0. The minimum Gasteiger partial charge on any atom is -0.395 e. The quantitative estimate of drug-likeness (QED) is 0.418. The van der Waals surface area contributed by atoms with Crippen LogP contribution in [0.5, 0.6) is 0 Å². The normalized spacial score (nSPS) is 10.8. The van der Waals surface area contributed by atoms with Crippen LogP contribution < -0.4 is 11.1 Å². The summed E-state index contributed by atoms with van der Waals surface area (Å²) in [7, 11) is 1.42. The lowest BCUT2D eigenvalue weighted by Crippen LogP contribution is -2.18. The average Bonchev–Trinajstić information content (AvgIpc) is 1.87. The molecule has 0 unspecified atom stereocenters. The Morgan fingerprint density at radius 3 is 2.40 bits per heavy atom. The van der Waals surface area contributed by atoms with E-state index >= 15 is 0 Å². The molecule has 0 heterocycles. The molecule has 0 atom stereocenters. The van der Waals surface area contributed by atoms with Crippen molar-refractivity contribution >= 4 is 22.8 Å². The molecule has 0 saturated carbocycles. The minimum atomic E-state index is -0.830. The Morgan fingerprint density at radius 2 is 2.10 bits per heavy atom. The summed E-state index contributed by atoms with van der Waals surface area (Å²) >= 11 is 4.92. The van der Waals surface area contributed by atoms with E-state index in [0.29, 0.717) is 0 Å². The van der Waals surface area contributed by atoms with Gasteiger partial charge in [-0.1, -0.05) is 0 Å². The first-order valence-corrected chi connectivity index (χ1v) is 2.84. The predicted octanol–water partition coefficient (Wildman–Crippen LogP) is -0.660. The molecule has 0 aromatic carbocycles. The second-order valence-electron chi connectivity index (χ2n) is 1.49. The Balaban J connectivity index is 4.16. The van der Waals surface area contributed by atoms with Gasteiger partial charge in [0.1, 0.15) is 0 Å². The van der Waals surface area contributed by atoms with Crippen LogP contribution in [0.15, 0.2) is 11.8 Å². The van der Waals surface area contributed by atoms with Gasteiger partial charge in [-0.2, -0.15) is 0 Å². The second kappa shape index (κ2) is 3.90. The van der Waals surface area contributed by atoms with Crippen molar-refractivity contribution in [2.24, 2.45) is 5.73 Å². The van der Waals surface area contributed by atoms with Crippen LogP contribution in [0.25, 0.3) is 0 Å². The molecule has 0 fully saturated rings. The fraction of sp³-hybridized carbons (Fsp3) is 0.200. The fourth-order valence-corrected chi connectivity index (χ4v) is 0.325. The van der Waals surface area contributed by atoms with Crippen molar-refractivity contribution in [3.05, 3.63) is 11.8 Å². The van der Waals surface area contributed by atoms with Gasteiger partial charge in [0.25, 0.3) is 5.24 Å². The number of carbonyl (C=O) groups excluding carboxylic acids is 2. The molecule has 56 valence electrons.